The maximum absolute atomic E-state index is 13.6. The lowest BCUT2D eigenvalue weighted by Crippen LogP contribution is -2.20. The fourth-order valence-electron chi connectivity index (χ4n) is 2.12. The molecule has 0 aliphatic rings. The molecule has 3 aromatic rings. The third-order valence-corrected chi connectivity index (χ3v) is 4.35. The summed E-state index contributed by atoms with van der Waals surface area (Å²) in [5.41, 5.74) is -0.180. The van der Waals surface area contributed by atoms with E-state index >= 15 is 0 Å². The Bertz CT molecular complexity index is 1020. The normalized spacial score (nSPS) is 10.7. The number of ether oxygens (including phenoxy) is 2. The molecule has 1 heterocycles. The molecule has 1 N–H and O–H groups in total. The predicted molar refractivity (Wildman–Crippen MR) is 91.4 cm³/mol. The Morgan fingerprint density at radius 1 is 1.15 bits per heavy atom. The molecule has 0 aliphatic heterocycles. The molecule has 0 spiro atoms. The minimum atomic E-state index is -1.64. The third-order valence-electron chi connectivity index (χ3n) is 3.43. The van der Waals surface area contributed by atoms with Gasteiger partial charge in [-0.15, -0.1) is 0 Å². The fourth-order valence-corrected chi connectivity index (χ4v) is 3.03. The van der Waals surface area contributed by atoms with Gasteiger partial charge in [-0.05, 0) is 30.3 Å². The van der Waals surface area contributed by atoms with Gasteiger partial charge in [0.05, 0.1) is 17.4 Å². The molecule has 0 aliphatic carbocycles. The standard InChI is InChI=1S/C17H11F3N2O4S/c1-25-9-4-2-8(3-5-9)16(24)26-7-12(23)21-17-22-15-11(27-17)6-10(18)13(19)14(15)20/h2-6H,7H2,1H3,(H,21,22,23). The van der Waals surface area contributed by atoms with E-state index in [9.17, 15) is 22.8 Å². The summed E-state index contributed by atoms with van der Waals surface area (Å²) in [4.78, 5) is 27.4. The Balaban J connectivity index is 1.63. The van der Waals surface area contributed by atoms with E-state index in [0.717, 1.165) is 17.4 Å². The molecule has 1 amide bonds. The summed E-state index contributed by atoms with van der Waals surface area (Å²) in [5, 5.41) is 2.20. The number of amides is 1. The highest BCUT2D eigenvalue weighted by Crippen LogP contribution is 2.30. The topological polar surface area (TPSA) is 77.5 Å². The second kappa shape index (κ2) is 7.62. The van der Waals surface area contributed by atoms with Crippen molar-refractivity contribution in [1.82, 2.24) is 4.98 Å². The number of anilines is 1. The summed E-state index contributed by atoms with van der Waals surface area (Å²) in [7, 11) is 1.48. The molecule has 27 heavy (non-hydrogen) atoms. The van der Waals surface area contributed by atoms with Gasteiger partial charge in [-0.1, -0.05) is 11.3 Å². The molecule has 0 unspecified atom stereocenters. The van der Waals surface area contributed by atoms with Crippen molar-refractivity contribution in [2.75, 3.05) is 19.0 Å². The number of hydrogen-bond donors (Lipinski definition) is 1. The number of benzene rings is 2. The van der Waals surface area contributed by atoms with E-state index in [4.69, 9.17) is 9.47 Å². The fraction of sp³-hybridized carbons (Fsp3) is 0.118. The Morgan fingerprint density at radius 3 is 2.52 bits per heavy atom. The van der Waals surface area contributed by atoms with Crippen molar-refractivity contribution < 1.29 is 32.2 Å². The van der Waals surface area contributed by atoms with Crippen molar-refractivity contribution in [2.24, 2.45) is 0 Å². The first-order chi connectivity index (χ1) is 12.9. The lowest BCUT2D eigenvalue weighted by atomic mass is 10.2. The van der Waals surface area contributed by atoms with Crippen molar-refractivity contribution >= 4 is 38.6 Å². The Morgan fingerprint density at radius 2 is 1.85 bits per heavy atom. The predicted octanol–water partition coefficient (Wildman–Crippen LogP) is 3.52. The number of halogens is 3. The molecular formula is C17H11F3N2O4S. The van der Waals surface area contributed by atoms with Crippen molar-refractivity contribution in [3.05, 3.63) is 53.3 Å². The van der Waals surface area contributed by atoms with Crippen LogP contribution in [0.3, 0.4) is 0 Å². The lowest BCUT2D eigenvalue weighted by Gasteiger charge is -2.05. The van der Waals surface area contributed by atoms with Gasteiger partial charge in [-0.25, -0.2) is 22.9 Å². The monoisotopic (exact) mass is 396 g/mol. The molecule has 0 fully saturated rings. The number of carbonyl (C=O) groups is 2. The molecule has 0 bridgehead atoms. The maximum atomic E-state index is 13.6. The first-order valence-electron chi connectivity index (χ1n) is 7.44. The van der Waals surface area contributed by atoms with Crippen molar-refractivity contribution in [3.63, 3.8) is 0 Å². The van der Waals surface area contributed by atoms with Crippen LogP contribution in [0.4, 0.5) is 18.3 Å². The molecule has 1 aromatic heterocycles. The van der Waals surface area contributed by atoms with Crippen LogP contribution in [0.25, 0.3) is 10.2 Å². The highest BCUT2D eigenvalue weighted by molar-refractivity contribution is 7.22. The largest absolute Gasteiger partial charge is 0.497 e. The number of nitrogens with zero attached hydrogens (tertiary/aromatic N) is 1. The molecular weight excluding hydrogens is 385 g/mol. The van der Waals surface area contributed by atoms with Crippen LogP contribution in [0.1, 0.15) is 10.4 Å². The van der Waals surface area contributed by atoms with Crippen LogP contribution in [0.2, 0.25) is 0 Å². The van der Waals surface area contributed by atoms with Crippen LogP contribution in [0.5, 0.6) is 5.75 Å². The van der Waals surface area contributed by atoms with E-state index < -0.39 is 41.5 Å². The number of nitrogens with one attached hydrogen (secondary N) is 1. The number of methoxy groups -OCH3 is 1. The second-order valence-electron chi connectivity index (χ2n) is 5.20. The molecule has 140 valence electrons. The van der Waals surface area contributed by atoms with Crippen LogP contribution in [-0.2, 0) is 9.53 Å². The summed E-state index contributed by atoms with van der Waals surface area (Å²) >= 11 is 0.753. The first-order valence-corrected chi connectivity index (χ1v) is 8.25. The summed E-state index contributed by atoms with van der Waals surface area (Å²) in [6.45, 7) is -0.619. The number of rotatable bonds is 5. The zero-order chi connectivity index (χ0) is 19.6. The van der Waals surface area contributed by atoms with E-state index in [1.165, 1.54) is 19.2 Å². The zero-order valence-corrected chi connectivity index (χ0v) is 14.5. The average molecular weight is 396 g/mol. The van der Waals surface area contributed by atoms with Crippen LogP contribution >= 0.6 is 11.3 Å². The molecule has 2 aromatic carbocycles. The molecule has 0 radical (unpaired) electrons. The minimum absolute atomic E-state index is 0.0249. The van der Waals surface area contributed by atoms with Gasteiger partial charge in [0.1, 0.15) is 11.3 Å². The number of carbonyl (C=O) groups excluding carboxylic acids is 2. The number of fused-ring (bicyclic) bond motifs is 1. The van der Waals surface area contributed by atoms with Crippen LogP contribution in [-0.4, -0.2) is 30.6 Å². The van der Waals surface area contributed by atoms with Gasteiger partial charge < -0.3 is 9.47 Å². The van der Waals surface area contributed by atoms with Crippen molar-refractivity contribution in [1.29, 1.82) is 0 Å². The number of hydrogen-bond acceptors (Lipinski definition) is 6. The van der Waals surface area contributed by atoms with E-state index in [-0.39, 0.29) is 15.4 Å². The second-order valence-corrected chi connectivity index (χ2v) is 6.24. The van der Waals surface area contributed by atoms with E-state index in [1.54, 1.807) is 12.1 Å². The smallest absolute Gasteiger partial charge is 0.338 e. The van der Waals surface area contributed by atoms with Gasteiger partial charge in [-0.3, -0.25) is 10.1 Å². The summed E-state index contributed by atoms with van der Waals surface area (Å²) in [5.74, 6) is -5.34. The number of esters is 1. The first kappa shape index (κ1) is 18.6. The van der Waals surface area contributed by atoms with Crippen LogP contribution in [0, 0.1) is 17.5 Å². The van der Waals surface area contributed by atoms with E-state index in [2.05, 4.69) is 10.3 Å². The maximum Gasteiger partial charge on any atom is 0.338 e. The molecule has 6 nitrogen and oxygen atoms in total. The SMILES string of the molecule is COc1ccc(C(=O)OCC(=O)Nc2nc3c(F)c(F)c(F)cc3s2)cc1. The summed E-state index contributed by atoms with van der Waals surface area (Å²) < 4.78 is 49.9. The Hall–Kier alpha value is -3.14. The molecule has 3 rings (SSSR count). The number of aromatic nitrogens is 1. The zero-order valence-electron chi connectivity index (χ0n) is 13.7. The quantitative estimate of drug-likeness (QED) is 0.528. The highest BCUT2D eigenvalue weighted by Gasteiger charge is 2.18. The van der Waals surface area contributed by atoms with Crippen molar-refractivity contribution in [3.8, 4) is 5.75 Å². The Labute approximate surface area is 154 Å². The Kier molecular flexibility index (Phi) is 5.26. The van der Waals surface area contributed by atoms with Gasteiger partial charge in [0.15, 0.2) is 29.2 Å². The molecule has 10 heteroatoms. The van der Waals surface area contributed by atoms with Gasteiger partial charge in [0.2, 0.25) is 0 Å². The van der Waals surface area contributed by atoms with E-state index in [0.29, 0.717) is 5.75 Å². The molecule has 0 saturated carbocycles. The van der Waals surface area contributed by atoms with E-state index in [1.807, 2.05) is 0 Å². The lowest BCUT2D eigenvalue weighted by molar-refractivity contribution is -0.119. The van der Waals surface area contributed by atoms with Gasteiger partial charge in [-0.2, -0.15) is 0 Å². The van der Waals surface area contributed by atoms with Gasteiger partial charge in [0, 0.05) is 0 Å². The van der Waals surface area contributed by atoms with Crippen LogP contribution in [0.15, 0.2) is 30.3 Å². The van der Waals surface area contributed by atoms with Gasteiger partial charge in [0.25, 0.3) is 5.91 Å². The average Bonchev–Trinajstić information content (AvgIpc) is 3.06. The summed E-state index contributed by atoms with van der Waals surface area (Å²) in [6.07, 6.45) is 0. The molecule has 0 atom stereocenters. The highest BCUT2D eigenvalue weighted by atomic mass is 32.1. The minimum Gasteiger partial charge on any atom is -0.497 e. The molecule has 0 saturated heterocycles. The van der Waals surface area contributed by atoms with Crippen LogP contribution < -0.4 is 10.1 Å². The van der Waals surface area contributed by atoms with Crippen molar-refractivity contribution in [2.45, 2.75) is 0 Å². The number of thiazole rings is 1. The summed E-state index contributed by atoms with van der Waals surface area (Å²) in [6, 6.07) is 6.84. The third kappa shape index (κ3) is 4.00. The van der Waals surface area contributed by atoms with Gasteiger partial charge >= 0.3 is 5.97 Å².